The summed E-state index contributed by atoms with van der Waals surface area (Å²) in [4.78, 5) is 15.5. The molecule has 0 amide bonds. The molecular weight excluding hydrogens is 282 g/mol. The van der Waals surface area contributed by atoms with Crippen molar-refractivity contribution in [1.29, 1.82) is 0 Å². The second-order valence-electron chi connectivity index (χ2n) is 5.34. The van der Waals surface area contributed by atoms with Crippen molar-refractivity contribution in [2.75, 3.05) is 12.3 Å². The number of hydrogen-bond acceptors (Lipinski definition) is 5. The molecular formula is C16H19N3O3. The fourth-order valence-electron chi connectivity index (χ4n) is 2.51. The summed E-state index contributed by atoms with van der Waals surface area (Å²) in [5.41, 5.74) is 7.26. The van der Waals surface area contributed by atoms with E-state index in [4.69, 9.17) is 15.2 Å². The molecule has 2 aromatic rings. The van der Waals surface area contributed by atoms with Gasteiger partial charge in [0, 0.05) is 11.8 Å². The van der Waals surface area contributed by atoms with Gasteiger partial charge < -0.3 is 15.2 Å². The Morgan fingerprint density at radius 1 is 1.36 bits per heavy atom. The Morgan fingerprint density at radius 2 is 2.18 bits per heavy atom. The zero-order valence-electron chi connectivity index (χ0n) is 12.3. The highest BCUT2D eigenvalue weighted by atomic mass is 16.5. The highest BCUT2D eigenvalue weighted by Crippen LogP contribution is 2.14. The Morgan fingerprint density at radius 3 is 3.00 bits per heavy atom. The van der Waals surface area contributed by atoms with E-state index in [0.29, 0.717) is 13.2 Å². The van der Waals surface area contributed by atoms with Gasteiger partial charge in [0.15, 0.2) is 0 Å². The van der Waals surface area contributed by atoms with Gasteiger partial charge in [-0.1, -0.05) is 30.3 Å². The number of aryl methyl sites for hydroxylation is 1. The molecule has 3 rings (SSSR count). The van der Waals surface area contributed by atoms with E-state index in [1.54, 1.807) is 6.07 Å². The lowest BCUT2D eigenvalue weighted by molar-refractivity contribution is -0.0469. The molecule has 0 spiro atoms. The van der Waals surface area contributed by atoms with Crippen LogP contribution in [0.25, 0.3) is 0 Å². The summed E-state index contributed by atoms with van der Waals surface area (Å²) in [5.74, 6) is 0.259. The molecule has 2 N–H and O–H groups in total. The van der Waals surface area contributed by atoms with Crippen molar-refractivity contribution >= 4 is 5.82 Å². The lowest BCUT2D eigenvalue weighted by Gasteiger charge is -2.15. The Bertz CT molecular complexity index is 685. The van der Waals surface area contributed by atoms with Crippen molar-refractivity contribution in [1.82, 2.24) is 9.55 Å². The van der Waals surface area contributed by atoms with E-state index in [0.717, 1.165) is 24.1 Å². The third-order valence-electron chi connectivity index (χ3n) is 3.69. The summed E-state index contributed by atoms with van der Waals surface area (Å²) in [6.07, 6.45) is 1.48. The number of nitrogen functional groups attached to an aromatic ring is 1. The number of hydrogen-bond donors (Lipinski definition) is 1. The Hall–Kier alpha value is -2.18. The van der Waals surface area contributed by atoms with Gasteiger partial charge in [0.2, 0.25) is 0 Å². The van der Waals surface area contributed by atoms with Crippen molar-refractivity contribution in [2.24, 2.45) is 0 Å². The number of nitrogens with zero attached hydrogens (tertiary/aromatic N) is 2. The van der Waals surface area contributed by atoms with Gasteiger partial charge in [-0.25, -0.2) is 4.79 Å². The van der Waals surface area contributed by atoms with Gasteiger partial charge in [0.1, 0.15) is 12.5 Å². The average molecular weight is 301 g/mol. The second-order valence-corrected chi connectivity index (χ2v) is 5.34. The average Bonchev–Trinajstić information content (AvgIpc) is 2.71. The molecule has 116 valence electrons. The number of aromatic nitrogens is 2. The van der Waals surface area contributed by atoms with Gasteiger partial charge in [-0.15, -0.1) is 0 Å². The molecule has 1 aromatic heterocycles. The van der Waals surface area contributed by atoms with Gasteiger partial charge in [0.05, 0.1) is 19.3 Å². The van der Waals surface area contributed by atoms with Crippen LogP contribution in [0.2, 0.25) is 0 Å². The monoisotopic (exact) mass is 301 g/mol. The third-order valence-corrected chi connectivity index (χ3v) is 3.69. The van der Waals surface area contributed by atoms with Crippen molar-refractivity contribution in [3.05, 3.63) is 58.1 Å². The van der Waals surface area contributed by atoms with Crippen LogP contribution in [-0.2, 0) is 29.2 Å². The Kier molecular flexibility index (Phi) is 4.50. The van der Waals surface area contributed by atoms with Crippen LogP contribution in [0.15, 0.2) is 41.2 Å². The topological polar surface area (TPSA) is 79.4 Å². The summed E-state index contributed by atoms with van der Waals surface area (Å²) in [6.45, 7) is 1.25. The van der Waals surface area contributed by atoms with Gasteiger partial charge >= 0.3 is 5.69 Å². The smallest absolute Gasteiger partial charge is 0.351 e. The number of fused-ring (bicyclic) bond motifs is 1. The molecule has 1 aliphatic rings. The van der Waals surface area contributed by atoms with E-state index >= 15 is 0 Å². The summed E-state index contributed by atoms with van der Waals surface area (Å²) in [7, 11) is 0. The molecule has 1 atom stereocenters. The maximum absolute atomic E-state index is 11.8. The summed E-state index contributed by atoms with van der Waals surface area (Å²) in [6, 6.07) is 11.7. The maximum Gasteiger partial charge on any atom is 0.351 e. The quantitative estimate of drug-likeness (QED) is 0.921. The van der Waals surface area contributed by atoms with Crippen LogP contribution in [0.4, 0.5) is 5.82 Å². The lowest BCUT2D eigenvalue weighted by atomic mass is 10.1. The highest BCUT2D eigenvalue weighted by Gasteiger charge is 2.18. The maximum atomic E-state index is 11.8. The summed E-state index contributed by atoms with van der Waals surface area (Å²) in [5, 5.41) is 0. The lowest BCUT2D eigenvalue weighted by Crippen LogP contribution is -2.27. The molecule has 0 bridgehead atoms. The molecule has 22 heavy (non-hydrogen) atoms. The predicted molar refractivity (Wildman–Crippen MR) is 82.2 cm³/mol. The molecule has 2 heterocycles. The van der Waals surface area contributed by atoms with E-state index in [2.05, 4.69) is 4.98 Å². The number of anilines is 1. The first kappa shape index (κ1) is 14.7. The standard InChI is InChI=1S/C16H19N3O3/c17-15-8-13-6-7-14(22-11-19(13)16(20)18-15)10-21-9-12-4-2-1-3-5-12/h1-5,8,14H,6-7,9-11H2,(H2,17,18,20). The number of nitrogens with two attached hydrogens (primary N) is 1. The third kappa shape index (κ3) is 3.52. The number of benzene rings is 1. The van der Waals surface area contributed by atoms with Gasteiger partial charge in [-0.3, -0.25) is 4.57 Å². The largest absolute Gasteiger partial charge is 0.383 e. The van der Waals surface area contributed by atoms with E-state index in [1.165, 1.54) is 4.57 Å². The normalized spacial score (nSPS) is 17.7. The fraction of sp³-hybridized carbons (Fsp3) is 0.375. The van der Waals surface area contributed by atoms with Crippen LogP contribution in [0.3, 0.4) is 0 Å². The molecule has 1 unspecified atom stereocenters. The number of rotatable bonds is 4. The molecule has 0 radical (unpaired) electrons. The molecule has 0 aliphatic carbocycles. The number of ether oxygens (including phenoxy) is 2. The van der Waals surface area contributed by atoms with Crippen LogP contribution in [-0.4, -0.2) is 22.3 Å². The SMILES string of the molecule is Nc1cc2n(c(=O)n1)COC(COCc1ccccc1)CC2. The van der Waals surface area contributed by atoms with Gasteiger partial charge in [-0.05, 0) is 18.4 Å². The first-order valence-corrected chi connectivity index (χ1v) is 7.32. The van der Waals surface area contributed by atoms with Crippen molar-refractivity contribution in [3.63, 3.8) is 0 Å². The van der Waals surface area contributed by atoms with Crippen molar-refractivity contribution < 1.29 is 9.47 Å². The molecule has 6 heteroatoms. The van der Waals surface area contributed by atoms with Crippen molar-refractivity contribution in [2.45, 2.75) is 32.3 Å². The first-order valence-electron chi connectivity index (χ1n) is 7.32. The van der Waals surface area contributed by atoms with Crippen LogP contribution >= 0.6 is 0 Å². The van der Waals surface area contributed by atoms with Gasteiger partial charge in [0.25, 0.3) is 0 Å². The van der Waals surface area contributed by atoms with Crippen LogP contribution in [0.1, 0.15) is 17.7 Å². The molecule has 0 fully saturated rings. The molecule has 1 aliphatic heterocycles. The molecule has 0 saturated heterocycles. The van der Waals surface area contributed by atoms with E-state index < -0.39 is 0 Å². The molecule has 0 saturated carbocycles. The Labute approximate surface area is 128 Å². The predicted octanol–water partition coefficient (Wildman–Crippen LogP) is 1.33. The first-order chi connectivity index (χ1) is 10.7. The van der Waals surface area contributed by atoms with E-state index in [-0.39, 0.29) is 24.3 Å². The van der Waals surface area contributed by atoms with Crippen molar-refractivity contribution in [3.8, 4) is 0 Å². The van der Waals surface area contributed by atoms with Crippen LogP contribution in [0.5, 0.6) is 0 Å². The zero-order valence-corrected chi connectivity index (χ0v) is 12.3. The zero-order chi connectivity index (χ0) is 15.4. The van der Waals surface area contributed by atoms with Gasteiger partial charge in [-0.2, -0.15) is 4.98 Å². The fourth-order valence-corrected chi connectivity index (χ4v) is 2.51. The highest BCUT2D eigenvalue weighted by molar-refractivity contribution is 5.28. The summed E-state index contributed by atoms with van der Waals surface area (Å²) < 4.78 is 13.0. The molecule has 6 nitrogen and oxygen atoms in total. The second kappa shape index (κ2) is 6.72. The summed E-state index contributed by atoms with van der Waals surface area (Å²) >= 11 is 0. The van der Waals surface area contributed by atoms with E-state index in [1.807, 2.05) is 30.3 Å². The Balaban J connectivity index is 1.56. The minimum atomic E-state index is -0.360. The minimum Gasteiger partial charge on any atom is -0.383 e. The minimum absolute atomic E-state index is 0.0377. The van der Waals surface area contributed by atoms with Crippen LogP contribution in [0, 0.1) is 0 Å². The van der Waals surface area contributed by atoms with Crippen LogP contribution < -0.4 is 11.4 Å². The van der Waals surface area contributed by atoms with E-state index in [9.17, 15) is 4.79 Å². The molecule has 1 aromatic carbocycles.